The minimum absolute atomic E-state index is 0.219. The van der Waals surface area contributed by atoms with Gasteiger partial charge in [0.15, 0.2) is 0 Å². The van der Waals surface area contributed by atoms with Crippen molar-refractivity contribution in [2.24, 2.45) is 0 Å². The van der Waals surface area contributed by atoms with Crippen molar-refractivity contribution in [3.05, 3.63) is 35.6 Å². The number of rotatable bonds is 7. The van der Waals surface area contributed by atoms with Crippen LogP contribution in [0.4, 0.5) is 4.39 Å². The number of methoxy groups -OCH3 is 1. The molecule has 0 aliphatic heterocycles. The van der Waals surface area contributed by atoms with Gasteiger partial charge in [0.1, 0.15) is 5.82 Å². The van der Waals surface area contributed by atoms with Crippen LogP contribution < -0.4 is 5.32 Å². The first-order valence-corrected chi connectivity index (χ1v) is 6.24. The van der Waals surface area contributed by atoms with Crippen molar-refractivity contribution in [2.45, 2.75) is 25.7 Å². The number of esters is 1. The van der Waals surface area contributed by atoms with E-state index in [0.29, 0.717) is 18.5 Å². The predicted octanol–water partition coefficient (Wildman–Crippen LogP) is 2.29. The largest absolute Gasteiger partial charge is 0.469 e. The van der Waals surface area contributed by atoms with Crippen LogP contribution in [0.15, 0.2) is 24.3 Å². The van der Waals surface area contributed by atoms with Crippen LogP contribution >= 0.6 is 0 Å². The number of ether oxygens (including phenoxy) is 1. The molecule has 0 saturated heterocycles. The maximum absolute atomic E-state index is 12.9. The highest BCUT2D eigenvalue weighted by Gasteiger charge is 2.05. The summed E-state index contributed by atoms with van der Waals surface area (Å²) in [4.78, 5) is 22.5. The number of unbranched alkanes of at least 4 members (excludes halogenated alkanes) is 2. The molecule has 0 saturated carbocycles. The topological polar surface area (TPSA) is 55.4 Å². The number of hydrogen-bond donors (Lipinski definition) is 1. The molecular formula is C14H18FNO3. The molecule has 0 bridgehead atoms. The number of hydrogen-bond acceptors (Lipinski definition) is 3. The van der Waals surface area contributed by atoms with Crippen molar-refractivity contribution in [1.29, 1.82) is 0 Å². The van der Waals surface area contributed by atoms with Gasteiger partial charge in [0.2, 0.25) is 0 Å². The zero-order valence-corrected chi connectivity index (χ0v) is 10.9. The highest BCUT2D eigenvalue weighted by Crippen LogP contribution is 2.04. The van der Waals surface area contributed by atoms with Crippen LogP contribution in [0.25, 0.3) is 0 Å². The minimum atomic E-state index is -0.425. The summed E-state index contributed by atoms with van der Waals surface area (Å²) in [5.41, 5.74) is 0.314. The molecule has 1 N–H and O–H groups in total. The van der Waals surface area contributed by atoms with Gasteiger partial charge in [-0.2, -0.15) is 0 Å². The normalized spacial score (nSPS) is 10.0. The van der Waals surface area contributed by atoms with Gasteiger partial charge in [-0.25, -0.2) is 4.39 Å². The van der Waals surface area contributed by atoms with Crippen LogP contribution in [0.5, 0.6) is 0 Å². The molecule has 0 fully saturated rings. The highest BCUT2D eigenvalue weighted by atomic mass is 19.1. The van der Waals surface area contributed by atoms with Crippen LogP contribution in [0.2, 0.25) is 0 Å². The molecule has 104 valence electrons. The lowest BCUT2D eigenvalue weighted by Gasteiger charge is -2.05. The van der Waals surface area contributed by atoms with Gasteiger partial charge in [-0.15, -0.1) is 0 Å². The Balaban J connectivity index is 2.16. The first-order chi connectivity index (χ1) is 9.13. The number of benzene rings is 1. The lowest BCUT2D eigenvalue weighted by Crippen LogP contribution is -2.24. The van der Waals surface area contributed by atoms with Crippen LogP contribution in [0.1, 0.15) is 36.0 Å². The van der Waals surface area contributed by atoms with Gasteiger partial charge in [0.05, 0.1) is 7.11 Å². The molecule has 0 aromatic heterocycles. The second kappa shape index (κ2) is 8.24. The average molecular weight is 267 g/mol. The molecule has 4 nitrogen and oxygen atoms in total. The first-order valence-electron chi connectivity index (χ1n) is 6.24. The first kappa shape index (κ1) is 15.1. The molecule has 0 atom stereocenters. The van der Waals surface area contributed by atoms with Gasteiger partial charge in [-0.3, -0.25) is 9.59 Å². The number of carbonyl (C=O) groups excluding carboxylic acids is 2. The third-order valence-electron chi connectivity index (χ3n) is 2.66. The van der Waals surface area contributed by atoms with E-state index in [2.05, 4.69) is 10.1 Å². The van der Waals surface area contributed by atoms with Gasteiger partial charge < -0.3 is 10.1 Å². The summed E-state index contributed by atoms with van der Waals surface area (Å²) in [6.45, 7) is 0.510. The van der Waals surface area contributed by atoms with E-state index >= 15 is 0 Å². The Morgan fingerprint density at radius 3 is 2.74 bits per heavy atom. The van der Waals surface area contributed by atoms with E-state index in [0.717, 1.165) is 19.3 Å². The third-order valence-corrected chi connectivity index (χ3v) is 2.66. The molecule has 1 rings (SSSR count). The zero-order chi connectivity index (χ0) is 14.1. The fourth-order valence-corrected chi connectivity index (χ4v) is 1.61. The molecule has 0 aliphatic carbocycles. The molecule has 0 heterocycles. The molecule has 1 aromatic rings. The van der Waals surface area contributed by atoms with E-state index in [9.17, 15) is 14.0 Å². The summed E-state index contributed by atoms with van der Waals surface area (Å²) in [7, 11) is 1.36. The van der Waals surface area contributed by atoms with Crippen molar-refractivity contribution in [3.63, 3.8) is 0 Å². The second-order valence-electron chi connectivity index (χ2n) is 4.15. The zero-order valence-electron chi connectivity index (χ0n) is 10.9. The van der Waals surface area contributed by atoms with Gasteiger partial charge in [0, 0.05) is 18.5 Å². The SMILES string of the molecule is COC(=O)CCCCCNC(=O)c1cccc(F)c1. The summed E-state index contributed by atoms with van der Waals surface area (Å²) >= 11 is 0. The van der Waals surface area contributed by atoms with Crippen molar-refractivity contribution in [1.82, 2.24) is 5.32 Å². The van der Waals surface area contributed by atoms with Gasteiger partial charge in [0.25, 0.3) is 5.91 Å². The van der Waals surface area contributed by atoms with Crippen LogP contribution in [0, 0.1) is 5.82 Å². The van der Waals surface area contributed by atoms with Crippen molar-refractivity contribution in [2.75, 3.05) is 13.7 Å². The Kier molecular flexibility index (Phi) is 6.57. The predicted molar refractivity (Wildman–Crippen MR) is 69.2 cm³/mol. The summed E-state index contributed by atoms with van der Waals surface area (Å²) in [6, 6.07) is 5.56. The number of nitrogens with one attached hydrogen (secondary N) is 1. The Morgan fingerprint density at radius 2 is 2.05 bits per heavy atom. The molecule has 1 amide bonds. The molecule has 0 aliphatic rings. The van der Waals surface area contributed by atoms with Crippen LogP contribution in [-0.4, -0.2) is 25.5 Å². The van der Waals surface area contributed by atoms with E-state index in [1.807, 2.05) is 0 Å². The molecule has 0 spiro atoms. The standard InChI is InChI=1S/C14H18FNO3/c1-19-13(17)8-3-2-4-9-16-14(18)11-6-5-7-12(15)10-11/h5-7,10H,2-4,8-9H2,1H3,(H,16,18). The fourth-order valence-electron chi connectivity index (χ4n) is 1.61. The van der Waals surface area contributed by atoms with Gasteiger partial charge in [-0.05, 0) is 31.0 Å². The fraction of sp³-hybridized carbons (Fsp3) is 0.429. The van der Waals surface area contributed by atoms with Crippen LogP contribution in [0.3, 0.4) is 0 Å². The highest BCUT2D eigenvalue weighted by molar-refractivity contribution is 5.94. The third kappa shape index (κ3) is 5.99. The Labute approximate surface area is 112 Å². The van der Waals surface area contributed by atoms with E-state index < -0.39 is 5.82 Å². The molecule has 0 radical (unpaired) electrons. The number of halogens is 1. The van der Waals surface area contributed by atoms with E-state index in [-0.39, 0.29) is 11.9 Å². The Bertz CT molecular complexity index is 434. The lowest BCUT2D eigenvalue weighted by atomic mass is 10.2. The maximum Gasteiger partial charge on any atom is 0.305 e. The summed E-state index contributed by atoms with van der Waals surface area (Å²) < 4.78 is 17.4. The average Bonchev–Trinajstić information content (AvgIpc) is 2.42. The minimum Gasteiger partial charge on any atom is -0.469 e. The molecule has 0 unspecified atom stereocenters. The van der Waals surface area contributed by atoms with Gasteiger partial charge in [-0.1, -0.05) is 12.5 Å². The smallest absolute Gasteiger partial charge is 0.305 e. The molecule has 1 aromatic carbocycles. The Morgan fingerprint density at radius 1 is 1.26 bits per heavy atom. The number of amides is 1. The van der Waals surface area contributed by atoms with Crippen molar-refractivity contribution < 1.29 is 18.7 Å². The van der Waals surface area contributed by atoms with Gasteiger partial charge >= 0.3 is 5.97 Å². The summed E-state index contributed by atoms with van der Waals surface area (Å²) in [5.74, 6) is -0.929. The molecule has 5 heteroatoms. The monoisotopic (exact) mass is 267 g/mol. The van der Waals surface area contributed by atoms with Crippen molar-refractivity contribution >= 4 is 11.9 Å². The summed E-state index contributed by atoms with van der Waals surface area (Å²) in [5, 5.41) is 2.71. The molecule has 19 heavy (non-hydrogen) atoms. The van der Waals surface area contributed by atoms with E-state index in [1.54, 1.807) is 6.07 Å². The van der Waals surface area contributed by atoms with E-state index in [1.165, 1.54) is 25.3 Å². The van der Waals surface area contributed by atoms with Crippen LogP contribution in [-0.2, 0) is 9.53 Å². The maximum atomic E-state index is 12.9. The number of carbonyl (C=O) groups is 2. The Hall–Kier alpha value is -1.91. The van der Waals surface area contributed by atoms with Crippen molar-refractivity contribution in [3.8, 4) is 0 Å². The summed E-state index contributed by atoms with van der Waals surface area (Å²) in [6.07, 6.45) is 2.74. The second-order valence-corrected chi connectivity index (χ2v) is 4.15. The van der Waals surface area contributed by atoms with E-state index in [4.69, 9.17) is 0 Å². The lowest BCUT2D eigenvalue weighted by molar-refractivity contribution is -0.140. The quantitative estimate of drug-likeness (QED) is 0.609. The molecular weight excluding hydrogens is 249 g/mol.